The van der Waals surface area contributed by atoms with Gasteiger partial charge in [0.25, 0.3) is 5.91 Å². The van der Waals surface area contributed by atoms with E-state index in [1.807, 2.05) is 0 Å². The van der Waals surface area contributed by atoms with Crippen LogP contribution in [0.1, 0.15) is 17.5 Å². The molecule has 0 saturated carbocycles. The second-order valence-electron chi connectivity index (χ2n) is 5.55. The maximum Gasteiger partial charge on any atom is 0.254 e. The van der Waals surface area contributed by atoms with Gasteiger partial charge >= 0.3 is 0 Å². The number of hydrogen-bond donors (Lipinski definition) is 2. The van der Waals surface area contributed by atoms with Crippen molar-refractivity contribution in [3.05, 3.63) is 54.1 Å². The molecule has 1 amide bonds. The Morgan fingerprint density at radius 3 is 2.92 bits per heavy atom. The lowest BCUT2D eigenvalue weighted by atomic mass is 9.94. The summed E-state index contributed by atoms with van der Waals surface area (Å²) in [4.78, 5) is 14.6. The van der Waals surface area contributed by atoms with E-state index in [4.69, 9.17) is 5.11 Å². The Morgan fingerprint density at radius 1 is 1.44 bits per heavy atom. The van der Waals surface area contributed by atoms with Gasteiger partial charge in [0.1, 0.15) is 12.4 Å². The fourth-order valence-electron chi connectivity index (χ4n) is 2.73. The van der Waals surface area contributed by atoms with Gasteiger partial charge in [0, 0.05) is 18.7 Å². The van der Waals surface area contributed by atoms with Gasteiger partial charge in [-0.3, -0.25) is 4.79 Å². The van der Waals surface area contributed by atoms with Gasteiger partial charge in [0.05, 0.1) is 6.61 Å². The number of carbonyl (C=O) groups excluding carboxylic acids is 1. The SMILES string of the molecule is O=C([C@@H](O)CO)N1CC=C(c2c(F)cccc2[CH]n2ncnn2)CC1. The molecule has 0 saturated heterocycles. The minimum absolute atomic E-state index is 0.237. The van der Waals surface area contributed by atoms with Crippen molar-refractivity contribution in [1.82, 2.24) is 25.1 Å². The van der Waals surface area contributed by atoms with Crippen LogP contribution in [0.5, 0.6) is 0 Å². The molecular formula is C16H17FN5O3. The first-order valence-electron chi connectivity index (χ1n) is 7.73. The summed E-state index contributed by atoms with van der Waals surface area (Å²) in [5, 5.41) is 29.6. The Hall–Kier alpha value is -2.65. The molecule has 0 unspecified atom stereocenters. The zero-order valence-corrected chi connectivity index (χ0v) is 13.3. The van der Waals surface area contributed by atoms with Crippen LogP contribution in [0.3, 0.4) is 0 Å². The number of nitrogens with zero attached hydrogens (tertiary/aromatic N) is 5. The van der Waals surface area contributed by atoms with Gasteiger partial charge in [0.15, 0.2) is 12.4 Å². The molecule has 131 valence electrons. The summed E-state index contributed by atoms with van der Waals surface area (Å²) in [6.07, 6.45) is 2.03. The van der Waals surface area contributed by atoms with Crippen molar-refractivity contribution in [2.45, 2.75) is 12.5 Å². The minimum atomic E-state index is -1.43. The quantitative estimate of drug-likeness (QED) is 0.780. The molecule has 1 aromatic carbocycles. The second kappa shape index (κ2) is 7.49. The molecule has 0 bridgehead atoms. The summed E-state index contributed by atoms with van der Waals surface area (Å²) in [6.45, 7) is 1.51. The fourth-order valence-corrected chi connectivity index (χ4v) is 2.73. The fraction of sp³-hybridized carbons (Fsp3) is 0.312. The van der Waals surface area contributed by atoms with E-state index in [0.29, 0.717) is 24.1 Å². The Kier molecular flexibility index (Phi) is 5.15. The topological polar surface area (TPSA) is 104 Å². The van der Waals surface area contributed by atoms with Crippen LogP contribution >= 0.6 is 0 Å². The molecule has 0 fully saturated rings. The number of rotatable bonds is 5. The summed E-state index contributed by atoms with van der Waals surface area (Å²) in [5.74, 6) is -0.916. The zero-order chi connectivity index (χ0) is 17.8. The number of amides is 1. The predicted molar refractivity (Wildman–Crippen MR) is 85.3 cm³/mol. The normalized spacial score (nSPS) is 15.8. The van der Waals surface area contributed by atoms with Crippen LogP contribution in [0.4, 0.5) is 4.39 Å². The molecule has 1 aliphatic heterocycles. The molecule has 1 aromatic heterocycles. The molecule has 25 heavy (non-hydrogen) atoms. The summed E-state index contributed by atoms with van der Waals surface area (Å²) >= 11 is 0. The van der Waals surface area contributed by atoms with Crippen molar-refractivity contribution in [1.29, 1.82) is 0 Å². The van der Waals surface area contributed by atoms with Crippen LogP contribution in [0.25, 0.3) is 5.57 Å². The maximum absolute atomic E-state index is 14.4. The van der Waals surface area contributed by atoms with Gasteiger partial charge in [0.2, 0.25) is 0 Å². The van der Waals surface area contributed by atoms with Crippen LogP contribution in [-0.2, 0) is 4.79 Å². The van der Waals surface area contributed by atoms with E-state index in [-0.39, 0.29) is 12.4 Å². The standard InChI is InChI=1S/C16H17FN5O3/c17-13-3-1-2-12(8-22-19-10-18-20-22)15(13)11-4-6-21(7-5-11)16(25)14(24)9-23/h1-4,8,10,14,23-24H,5-7,9H2/t14-/m0/s1. The third kappa shape index (κ3) is 3.72. The van der Waals surface area contributed by atoms with E-state index >= 15 is 0 Å². The lowest BCUT2D eigenvalue weighted by molar-refractivity contribution is -0.141. The Labute approximate surface area is 143 Å². The molecule has 3 rings (SSSR count). The highest BCUT2D eigenvalue weighted by Crippen LogP contribution is 2.29. The number of benzene rings is 1. The molecule has 1 atom stereocenters. The molecular weight excluding hydrogens is 329 g/mol. The van der Waals surface area contributed by atoms with Crippen molar-refractivity contribution in [2.75, 3.05) is 19.7 Å². The van der Waals surface area contributed by atoms with Crippen molar-refractivity contribution in [3.8, 4) is 0 Å². The average Bonchev–Trinajstić information content (AvgIpc) is 3.14. The van der Waals surface area contributed by atoms with Gasteiger partial charge in [-0.15, -0.1) is 10.2 Å². The third-order valence-corrected chi connectivity index (χ3v) is 3.97. The average molecular weight is 346 g/mol. The molecule has 2 aromatic rings. The van der Waals surface area contributed by atoms with E-state index in [0.717, 1.165) is 5.57 Å². The number of halogens is 1. The molecule has 2 N–H and O–H groups in total. The van der Waals surface area contributed by atoms with Gasteiger partial charge < -0.3 is 15.1 Å². The third-order valence-electron chi connectivity index (χ3n) is 3.97. The van der Waals surface area contributed by atoms with E-state index in [1.54, 1.807) is 24.8 Å². The molecule has 0 spiro atoms. The highest BCUT2D eigenvalue weighted by molar-refractivity contribution is 5.82. The number of hydrogen-bond acceptors (Lipinski definition) is 6. The van der Waals surface area contributed by atoms with E-state index < -0.39 is 18.6 Å². The largest absolute Gasteiger partial charge is 0.393 e. The summed E-state index contributed by atoms with van der Waals surface area (Å²) in [5.41, 5.74) is 1.78. The highest BCUT2D eigenvalue weighted by atomic mass is 19.1. The van der Waals surface area contributed by atoms with Crippen LogP contribution < -0.4 is 0 Å². The predicted octanol–water partition coefficient (Wildman–Crippen LogP) is -0.161. The van der Waals surface area contributed by atoms with E-state index in [2.05, 4.69) is 15.4 Å². The number of aromatic nitrogens is 4. The van der Waals surface area contributed by atoms with Crippen LogP contribution in [0.15, 0.2) is 30.6 Å². The molecule has 9 heteroatoms. The smallest absolute Gasteiger partial charge is 0.254 e. The second-order valence-corrected chi connectivity index (χ2v) is 5.55. The summed E-state index contributed by atoms with van der Waals surface area (Å²) in [7, 11) is 0. The number of tetrazole rings is 1. The van der Waals surface area contributed by atoms with Gasteiger partial charge in [-0.2, -0.15) is 4.80 Å². The van der Waals surface area contributed by atoms with Crippen molar-refractivity contribution in [3.63, 3.8) is 0 Å². The number of aliphatic hydroxyl groups is 2. The molecule has 1 aliphatic rings. The highest BCUT2D eigenvalue weighted by Gasteiger charge is 2.25. The first-order chi connectivity index (χ1) is 12.1. The van der Waals surface area contributed by atoms with Crippen LogP contribution in [-0.4, -0.2) is 67.0 Å². The Balaban J connectivity index is 1.83. The van der Waals surface area contributed by atoms with Crippen molar-refractivity contribution in [2.24, 2.45) is 0 Å². The first-order valence-corrected chi connectivity index (χ1v) is 7.73. The van der Waals surface area contributed by atoms with Gasteiger partial charge in [-0.25, -0.2) is 4.39 Å². The Bertz CT molecular complexity index is 778. The monoisotopic (exact) mass is 346 g/mol. The number of carbonyl (C=O) groups is 1. The van der Waals surface area contributed by atoms with Crippen molar-refractivity contribution < 1.29 is 19.4 Å². The summed E-state index contributed by atoms with van der Waals surface area (Å²) < 4.78 is 14.4. The molecule has 2 heterocycles. The zero-order valence-electron chi connectivity index (χ0n) is 13.3. The Morgan fingerprint density at radius 2 is 2.28 bits per heavy atom. The number of aliphatic hydroxyl groups excluding tert-OH is 2. The first kappa shape index (κ1) is 17.2. The minimum Gasteiger partial charge on any atom is -0.393 e. The molecule has 1 radical (unpaired) electrons. The van der Waals surface area contributed by atoms with E-state index in [9.17, 15) is 14.3 Å². The van der Waals surface area contributed by atoms with E-state index in [1.165, 1.54) is 22.1 Å². The lowest BCUT2D eigenvalue weighted by Gasteiger charge is -2.28. The summed E-state index contributed by atoms with van der Waals surface area (Å²) in [6, 6.07) is 4.71. The van der Waals surface area contributed by atoms with Crippen LogP contribution in [0, 0.1) is 12.4 Å². The van der Waals surface area contributed by atoms with Crippen molar-refractivity contribution >= 4 is 11.5 Å². The molecule has 8 nitrogen and oxygen atoms in total. The van der Waals surface area contributed by atoms with Gasteiger partial charge in [-0.1, -0.05) is 18.2 Å². The van der Waals surface area contributed by atoms with Crippen LogP contribution in [0.2, 0.25) is 0 Å². The lowest BCUT2D eigenvalue weighted by Crippen LogP contribution is -2.42. The maximum atomic E-state index is 14.4. The molecule has 0 aliphatic carbocycles. The van der Waals surface area contributed by atoms with Gasteiger partial charge in [-0.05, 0) is 28.8 Å².